The van der Waals surface area contributed by atoms with Gasteiger partial charge in [0.1, 0.15) is 0 Å². The van der Waals surface area contributed by atoms with Crippen LogP contribution in [0.3, 0.4) is 0 Å². The number of hydrogen-bond acceptors (Lipinski definition) is 1. The van der Waals surface area contributed by atoms with Crippen molar-refractivity contribution < 1.29 is 9.90 Å². The first-order chi connectivity index (χ1) is 12.2. The van der Waals surface area contributed by atoms with Gasteiger partial charge in [0.15, 0.2) is 0 Å². The fourth-order valence-electron chi connectivity index (χ4n) is 2.83. The van der Waals surface area contributed by atoms with E-state index in [9.17, 15) is 4.79 Å². The standard InChI is InChI=1S/C19H33I5O2/c1-3-14(20)18(24)12-16(22)13(2)11-17(23)15(21)9-7-5-4-6-8-10-19(25)26/h13-18H,3-12H2,1-2H3,(H,25,26). The highest BCUT2D eigenvalue weighted by Crippen LogP contribution is 2.34. The summed E-state index contributed by atoms with van der Waals surface area (Å²) in [6.45, 7) is 4.73. The van der Waals surface area contributed by atoms with Crippen LogP contribution >= 0.6 is 113 Å². The van der Waals surface area contributed by atoms with E-state index in [0.717, 1.165) is 38.4 Å². The van der Waals surface area contributed by atoms with E-state index in [1.165, 1.54) is 44.9 Å². The van der Waals surface area contributed by atoms with Gasteiger partial charge >= 0.3 is 5.97 Å². The van der Waals surface area contributed by atoms with Gasteiger partial charge in [0, 0.05) is 26.0 Å². The molecular formula is C19H33I5O2. The molecule has 0 heterocycles. The predicted octanol–water partition coefficient (Wildman–Crippen LogP) is 8.65. The van der Waals surface area contributed by atoms with Crippen LogP contribution in [0.15, 0.2) is 0 Å². The van der Waals surface area contributed by atoms with E-state index in [4.69, 9.17) is 5.11 Å². The molecule has 0 aliphatic rings. The summed E-state index contributed by atoms with van der Waals surface area (Å²) in [5.74, 6) is 0.119. The summed E-state index contributed by atoms with van der Waals surface area (Å²) in [5, 5.41) is 8.65. The average molecular weight is 928 g/mol. The lowest BCUT2D eigenvalue weighted by molar-refractivity contribution is -0.137. The molecule has 2 nitrogen and oxygen atoms in total. The van der Waals surface area contributed by atoms with Crippen LogP contribution in [0.4, 0.5) is 0 Å². The Bertz CT molecular complexity index is 370. The first-order valence-electron chi connectivity index (χ1n) is 9.61. The van der Waals surface area contributed by atoms with Gasteiger partial charge in [-0.25, -0.2) is 0 Å². The molecule has 6 atom stereocenters. The second-order valence-corrected chi connectivity index (χ2v) is 15.1. The number of carboxylic acid groups (broad SMARTS) is 1. The van der Waals surface area contributed by atoms with Gasteiger partial charge in [0.25, 0.3) is 0 Å². The molecule has 26 heavy (non-hydrogen) atoms. The quantitative estimate of drug-likeness (QED) is 0.0958. The molecule has 0 bridgehead atoms. The summed E-state index contributed by atoms with van der Waals surface area (Å²) < 4.78 is 3.85. The smallest absolute Gasteiger partial charge is 0.303 e. The van der Waals surface area contributed by atoms with Crippen molar-refractivity contribution in [1.82, 2.24) is 0 Å². The molecule has 0 aliphatic heterocycles. The lowest BCUT2D eigenvalue weighted by Gasteiger charge is -2.26. The molecule has 0 aromatic heterocycles. The minimum atomic E-state index is -0.662. The second-order valence-electron chi connectivity index (χ2n) is 7.14. The first kappa shape index (κ1) is 29.1. The Labute approximate surface area is 229 Å². The predicted molar refractivity (Wildman–Crippen MR) is 158 cm³/mol. The Morgan fingerprint density at radius 1 is 0.769 bits per heavy atom. The molecule has 0 radical (unpaired) electrons. The lowest BCUT2D eigenvalue weighted by Crippen LogP contribution is -2.25. The van der Waals surface area contributed by atoms with E-state index in [-0.39, 0.29) is 0 Å². The maximum Gasteiger partial charge on any atom is 0.303 e. The number of unbranched alkanes of at least 4 members (excludes halogenated alkanes) is 4. The number of rotatable bonds is 16. The molecule has 0 rings (SSSR count). The zero-order valence-corrected chi connectivity index (χ0v) is 26.6. The Morgan fingerprint density at radius 3 is 1.88 bits per heavy atom. The molecule has 0 saturated carbocycles. The van der Waals surface area contributed by atoms with Crippen LogP contribution in [0.5, 0.6) is 0 Å². The molecular weight excluding hydrogens is 895 g/mol. The van der Waals surface area contributed by atoms with Crippen LogP contribution in [-0.4, -0.2) is 30.7 Å². The van der Waals surface area contributed by atoms with E-state index >= 15 is 0 Å². The third kappa shape index (κ3) is 15.0. The maximum absolute atomic E-state index is 10.5. The van der Waals surface area contributed by atoms with Crippen LogP contribution < -0.4 is 0 Å². The molecule has 0 saturated heterocycles. The number of alkyl halides is 5. The summed E-state index contributed by atoms with van der Waals surface area (Å²) >= 11 is 13.3. The molecule has 0 amide bonds. The van der Waals surface area contributed by atoms with Crippen LogP contribution in [-0.2, 0) is 4.79 Å². The maximum atomic E-state index is 10.5. The van der Waals surface area contributed by atoms with Crippen molar-refractivity contribution in [2.75, 3.05) is 0 Å². The second kappa shape index (κ2) is 17.8. The van der Waals surface area contributed by atoms with Crippen LogP contribution in [0.2, 0.25) is 0 Å². The Hall–Kier alpha value is 3.12. The highest BCUT2D eigenvalue weighted by atomic mass is 127. The van der Waals surface area contributed by atoms with Crippen molar-refractivity contribution in [3.05, 3.63) is 0 Å². The number of carboxylic acids is 1. The average Bonchev–Trinajstić information content (AvgIpc) is 2.59. The van der Waals surface area contributed by atoms with Gasteiger partial charge in [-0.15, -0.1) is 0 Å². The van der Waals surface area contributed by atoms with Gasteiger partial charge < -0.3 is 5.11 Å². The van der Waals surface area contributed by atoms with Gasteiger partial charge in [0.2, 0.25) is 0 Å². The third-order valence-corrected chi connectivity index (χ3v) is 15.2. The van der Waals surface area contributed by atoms with Crippen molar-refractivity contribution in [3.8, 4) is 0 Å². The molecule has 0 aliphatic carbocycles. The highest BCUT2D eigenvalue weighted by molar-refractivity contribution is 14.1. The summed E-state index contributed by atoms with van der Waals surface area (Å²) in [5.41, 5.74) is 0. The summed E-state index contributed by atoms with van der Waals surface area (Å²) in [6.07, 6.45) is 11.2. The molecule has 156 valence electrons. The molecule has 0 spiro atoms. The third-order valence-electron chi connectivity index (χ3n) is 4.71. The summed E-state index contributed by atoms with van der Waals surface area (Å²) in [4.78, 5) is 10.5. The first-order valence-corrected chi connectivity index (χ1v) is 15.8. The highest BCUT2D eigenvalue weighted by Gasteiger charge is 2.25. The molecule has 0 aromatic rings. The molecule has 6 unspecified atom stereocenters. The van der Waals surface area contributed by atoms with Gasteiger partial charge in [0.05, 0.1) is 0 Å². The van der Waals surface area contributed by atoms with Crippen molar-refractivity contribution in [2.24, 2.45) is 5.92 Å². The van der Waals surface area contributed by atoms with Crippen LogP contribution in [0, 0.1) is 5.92 Å². The van der Waals surface area contributed by atoms with Crippen LogP contribution in [0.1, 0.15) is 78.1 Å². The zero-order valence-electron chi connectivity index (χ0n) is 15.8. The number of carbonyl (C=O) groups is 1. The van der Waals surface area contributed by atoms with Gasteiger partial charge in [-0.1, -0.05) is 152 Å². The number of aliphatic carboxylic acids is 1. The van der Waals surface area contributed by atoms with Crippen molar-refractivity contribution in [3.63, 3.8) is 0 Å². The Balaban J connectivity index is 3.94. The minimum absolute atomic E-state index is 0.328. The van der Waals surface area contributed by atoms with E-state index < -0.39 is 5.97 Å². The number of hydrogen-bond donors (Lipinski definition) is 1. The largest absolute Gasteiger partial charge is 0.481 e. The lowest BCUT2D eigenvalue weighted by atomic mass is 9.96. The van der Waals surface area contributed by atoms with E-state index in [2.05, 4.69) is 127 Å². The van der Waals surface area contributed by atoms with Crippen LogP contribution in [0.25, 0.3) is 0 Å². The normalized spacial score (nSPS) is 18.7. The van der Waals surface area contributed by atoms with Crippen molar-refractivity contribution in [2.45, 2.75) is 97.7 Å². The fourth-order valence-corrected chi connectivity index (χ4v) is 7.89. The molecule has 0 aromatic carbocycles. The molecule has 1 N–H and O–H groups in total. The summed E-state index contributed by atoms with van der Waals surface area (Å²) in [6, 6.07) is 0. The number of halogens is 5. The minimum Gasteiger partial charge on any atom is -0.481 e. The van der Waals surface area contributed by atoms with E-state index in [0.29, 0.717) is 6.42 Å². The zero-order chi connectivity index (χ0) is 20.1. The van der Waals surface area contributed by atoms with Gasteiger partial charge in [-0.2, -0.15) is 0 Å². The van der Waals surface area contributed by atoms with Gasteiger partial charge in [-0.3, -0.25) is 4.79 Å². The molecule has 0 fully saturated rings. The Morgan fingerprint density at radius 2 is 1.31 bits per heavy atom. The van der Waals surface area contributed by atoms with Gasteiger partial charge in [-0.05, 0) is 38.0 Å². The molecule has 7 heteroatoms. The van der Waals surface area contributed by atoms with E-state index in [1.54, 1.807) is 0 Å². The van der Waals surface area contributed by atoms with Crippen molar-refractivity contribution >= 4 is 119 Å². The SMILES string of the molecule is CCC(I)C(I)CC(I)C(C)CC(I)C(I)CCCCCCCC(=O)O. The summed E-state index contributed by atoms with van der Waals surface area (Å²) in [7, 11) is 0. The topological polar surface area (TPSA) is 37.3 Å². The van der Waals surface area contributed by atoms with E-state index in [1.807, 2.05) is 0 Å². The Kier molecular flexibility index (Phi) is 19.9. The monoisotopic (exact) mass is 928 g/mol. The van der Waals surface area contributed by atoms with Crippen molar-refractivity contribution in [1.29, 1.82) is 0 Å². The fraction of sp³-hybridized carbons (Fsp3) is 0.947.